The summed E-state index contributed by atoms with van der Waals surface area (Å²) in [5.41, 5.74) is 7.80. The third-order valence-corrected chi connectivity index (χ3v) is 5.13. The number of amides is 2. The van der Waals surface area contributed by atoms with Gasteiger partial charge in [-0.15, -0.1) is 0 Å². The number of benzene rings is 2. The van der Waals surface area contributed by atoms with Gasteiger partial charge in [0.1, 0.15) is 0 Å². The molecule has 10 nitrogen and oxygen atoms in total. The molecule has 0 bridgehead atoms. The number of hydrogen-bond acceptors (Lipinski definition) is 7. The molecule has 1 heterocycles. The number of rotatable bonds is 11. The highest BCUT2D eigenvalue weighted by atomic mass is 16.6. The topological polar surface area (TPSA) is 146 Å². The van der Waals surface area contributed by atoms with Gasteiger partial charge in [-0.05, 0) is 38.0 Å². The summed E-state index contributed by atoms with van der Waals surface area (Å²) in [6, 6.07) is 10.3. The standard InChI is InChI=1S/C24H28N4O6/c1-2-33-21-14-17(12-16-13-18(28(31)32)15-34-24(16)21)26-22(29)10-4-3-5-11-23(30)27-20-9-7-6-8-19(20)25/h6-9,12-14H,2-5,10-11,15,25H2,1H3,(H,26,29)(H,27,30). The number of para-hydroxylation sites is 2. The van der Waals surface area contributed by atoms with Crippen LogP contribution in [-0.2, 0) is 9.59 Å². The van der Waals surface area contributed by atoms with E-state index in [0.717, 1.165) is 0 Å². The van der Waals surface area contributed by atoms with E-state index >= 15 is 0 Å². The zero-order valence-corrected chi connectivity index (χ0v) is 19.0. The van der Waals surface area contributed by atoms with E-state index in [2.05, 4.69) is 10.6 Å². The van der Waals surface area contributed by atoms with Crippen molar-refractivity contribution in [2.75, 3.05) is 29.6 Å². The number of anilines is 3. The number of unbranched alkanes of at least 4 members (excludes halogenated alkanes) is 2. The lowest BCUT2D eigenvalue weighted by Crippen LogP contribution is -2.16. The summed E-state index contributed by atoms with van der Waals surface area (Å²) in [6.07, 6.45) is 4.01. The summed E-state index contributed by atoms with van der Waals surface area (Å²) in [4.78, 5) is 35.0. The van der Waals surface area contributed by atoms with Gasteiger partial charge in [0.25, 0.3) is 5.70 Å². The Balaban J connectivity index is 1.48. The molecule has 0 unspecified atom stereocenters. The Bertz CT molecular complexity index is 1100. The van der Waals surface area contributed by atoms with Gasteiger partial charge in [-0.1, -0.05) is 18.6 Å². The van der Waals surface area contributed by atoms with Gasteiger partial charge >= 0.3 is 0 Å². The average molecular weight is 469 g/mol. The molecule has 0 spiro atoms. The van der Waals surface area contributed by atoms with Crippen molar-refractivity contribution in [1.29, 1.82) is 0 Å². The second-order valence-corrected chi connectivity index (χ2v) is 7.75. The van der Waals surface area contributed by atoms with Gasteiger partial charge in [-0.25, -0.2) is 0 Å². The number of nitrogens with one attached hydrogen (secondary N) is 2. The number of nitrogen functional groups attached to an aromatic ring is 1. The number of carbonyl (C=O) groups is 2. The van der Waals surface area contributed by atoms with Crippen LogP contribution in [0.3, 0.4) is 0 Å². The summed E-state index contributed by atoms with van der Waals surface area (Å²) in [6.45, 7) is 2.04. The highest BCUT2D eigenvalue weighted by Crippen LogP contribution is 2.39. The molecule has 3 rings (SSSR count). The minimum Gasteiger partial charge on any atom is -0.490 e. The number of carbonyl (C=O) groups excluding carboxylic acids is 2. The molecule has 34 heavy (non-hydrogen) atoms. The highest BCUT2D eigenvalue weighted by molar-refractivity contribution is 5.94. The average Bonchev–Trinajstić information content (AvgIpc) is 2.80. The fraction of sp³-hybridized carbons (Fsp3) is 0.333. The Labute approximate surface area is 197 Å². The molecule has 0 radical (unpaired) electrons. The lowest BCUT2D eigenvalue weighted by atomic mass is 10.1. The lowest BCUT2D eigenvalue weighted by Gasteiger charge is -2.19. The molecule has 2 amide bonds. The number of nitrogens with two attached hydrogens (primary N) is 1. The molecule has 2 aromatic carbocycles. The second-order valence-electron chi connectivity index (χ2n) is 7.75. The van der Waals surface area contributed by atoms with Crippen LogP contribution in [0.4, 0.5) is 17.1 Å². The molecule has 1 aliphatic rings. The first-order chi connectivity index (χ1) is 16.4. The van der Waals surface area contributed by atoms with Crippen molar-refractivity contribution < 1.29 is 24.0 Å². The van der Waals surface area contributed by atoms with E-state index in [0.29, 0.717) is 66.4 Å². The van der Waals surface area contributed by atoms with Crippen molar-refractivity contribution in [3.63, 3.8) is 0 Å². The first kappa shape index (κ1) is 24.6. The maximum absolute atomic E-state index is 12.4. The van der Waals surface area contributed by atoms with E-state index in [1.54, 1.807) is 36.4 Å². The lowest BCUT2D eigenvalue weighted by molar-refractivity contribution is -0.427. The zero-order valence-electron chi connectivity index (χ0n) is 19.0. The Morgan fingerprint density at radius 2 is 1.82 bits per heavy atom. The Morgan fingerprint density at radius 3 is 2.50 bits per heavy atom. The predicted molar refractivity (Wildman–Crippen MR) is 129 cm³/mol. The van der Waals surface area contributed by atoms with Crippen LogP contribution in [0, 0.1) is 10.1 Å². The smallest absolute Gasteiger partial charge is 0.284 e. The van der Waals surface area contributed by atoms with Crippen molar-refractivity contribution in [2.45, 2.75) is 39.0 Å². The predicted octanol–water partition coefficient (Wildman–Crippen LogP) is 4.21. The van der Waals surface area contributed by atoms with Gasteiger partial charge in [0, 0.05) is 36.2 Å². The molecule has 0 fully saturated rings. The van der Waals surface area contributed by atoms with E-state index in [1.807, 2.05) is 6.92 Å². The number of hydrogen-bond donors (Lipinski definition) is 3. The van der Waals surface area contributed by atoms with Crippen molar-refractivity contribution in [1.82, 2.24) is 0 Å². The summed E-state index contributed by atoms with van der Waals surface area (Å²) in [7, 11) is 0. The third kappa shape index (κ3) is 6.71. The van der Waals surface area contributed by atoms with E-state index in [1.165, 1.54) is 6.08 Å². The number of ether oxygens (including phenoxy) is 2. The van der Waals surface area contributed by atoms with Gasteiger partial charge in [0.05, 0.1) is 22.9 Å². The first-order valence-electron chi connectivity index (χ1n) is 11.1. The van der Waals surface area contributed by atoms with E-state index in [4.69, 9.17) is 15.2 Å². The third-order valence-electron chi connectivity index (χ3n) is 5.13. The molecule has 0 atom stereocenters. The Hall–Kier alpha value is -4.08. The molecule has 0 aliphatic carbocycles. The molecular weight excluding hydrogens is 440 g/mol. The molecule has 0 saturated carbocycles. The fourth-order valence-corrected chi connectivity index (χ4v) is 3.49. The summed E-state index contributed by atoms with van der Waals surface area (Å²) < 4.78 is 11.1. The molecular formula is C24H28N4O6. The molecule has 4 N–H and O–H groups in total. The van der Waals surface area contributed by atoms with Gasteiger partial charge < -0.3 is 25.8 Å². The van der Waals surface area contributed by atoms with Crippen LogP contribution in [0.25, 0.3) is 6.08 Å². The monoisotopic (exact) mass is 468 g/mol. The van der Waals surface area contributed by atoms with E-state index in [9.17, 15) is 19.7 Å². The largest absolute Gasteiger partial charge is 0.490 e. The SMILES string of the molecule is CCOc1cc(NC(=O)CCCCCC(=O)Nc2ccccc2N)cc2c1OCC([N+](=O)[O-])=C2. The van der Waals surface area contributed by atoms with Crippen molar-refractivity contribution in [2.24, 2.45) is 0 Å². The quantitative estimate of drug-likeness (QED) is 0.194. The summed E-state index contributed by atoms with van der Waals surface area (Å²) in [5, 5.41) is 16.7. The van der Waals surface area contributed by atoms with Gasteiger partial charge in [0.15, 0.2) is 18.1 Å². The van der Waals surface area contributed by atoms with Gasteiger partial charge in [-0.3, -0.25) is 19.7 Å². The molecule has 0 aromatic heterocycles. The van der Waals surface area contributed by atoms with Crippen LogP contribution in [0.5, 0.6) is 11.5 Å². The zero-order chi connectivity index (χ0) is 24.5. The molecule has 1 aliphatic heterocycles. The van der Waals surface area contributed by atoms with Gasteiger partial charge in [0.2, 0.25) is 11.8 Å². The molecule has 10 heteroatoms. The van der Waals surface area contributed by atoms with Crippen LogP contribution in [-0.4, -0.2) is 30.0 Å². The number of nitrogens with zero attached hydrogens (tertiary/aromatic N) is 1. The van der Waals surface area contributed by atoms with E-state index < -0.39 is 4.92 Å². The Morgan fingerprint density at radius 1 is 1.12 bits per heavy atom. The minimum atomic E-state index is -0.496. The Kier molecular flexibility index (Phi) is 8.44. The first-order valence-corrected chi connectivity index (χ1v) is 11.1. The second kappa shape index (κ2) is 11.7. The van der Waals surface area contributed by atoms with Crippen LogP contribution in [0.1, 0.15) is 44.6 Å². The van der Waals surface area contributed by atoms with Crippen molar-refractivity contribution in [3.8, 4) is 11.5 Å². The van der Waals surface area contributed by atoms with Crippen LogP contribution < -0.4 is 25.8 Å². The maximum Gasteiger partial charge on any atom is 0.284 e. The maximum atomic E-state index is 12.4. The minimum absolute atomic E-state index is 0.0718. The normalized spacial score (nSPS) is 12.1. The summed E-state index contributed by atoms with van der Waals surface area (Å²) in [5.74, 6) is 0.517. The van der Waals surface area contributed by atoms with Crippen molar-refractivity contribution in [3.05, 3.63) is 57.8 Å². The number of fused-ring (bicyclic) bond motifs is 1. The fourth-order valence-electron chi connectivity index (χ4n) is 3.49. The summed E-state index contributed by atoms with van der Waals surface area (Å²) >= 11 is 0. The van der Waals surface area contributed by atoms with Crippen LogP contribution >= 0.6 is 0 Å². The highest BCUT2D eigenvalue weighted by Gasteiger charge is 2.24. The van der Waals surface area contributed by atoms with E-state index in [-0.39, 0.29) is 30.5 Å². The van der Waals surface area contributed by atoms with Crippen molar-refractivity contribution >= 4 is 35.0 Å². The molecule has 2 aromatic rings. The van der Waals surface area contributed by atoms with Crippen LogP contribution in [0.2, 0.25) is 0 Å². The van der Waals surface area contributed by atoms with Crippen LogP contribution in [0.15, 0.2) is 42.1 Å². The number of nitro groups is 1. The van der Waals surface area contributed by atoms with Gasteiger partial charge in [-0.2, -0.15) is 0 Å². The molecule has 0 saturated heterocycles. The molecule has 180 valence electrons.